The van der Waals surface area contributed by atoms with Crippen LogP contribution >= 0.6 is 39.9 Å². The molecule has 0 aliphatic carbocycles. The van der Waals surface area contributed by atoms with Crippen LogP contribution in [0.3, 0.4) is 0 Å². The minimum Gasteiger partial charge on any atom is -0.469 e. The van der Waals surface area contributed by atoms with Crippen molar-refractivity contribution in [1.29, 1.82) is 0 Å². The first kappa shape index (κ1) is 21.8. The van der Waals surface area contributed by atoms with Gasteiger partial charge in [0.25, 0.3) is 0 Å². The van der Waals surface area contributed by atoms with E-state index in [1.165, 1.54) is 5.69 Å². The van der Waals surface area contributed by atoms with Gasteiger partial charge in [0.2, 0.25) is 0 Å². The SMILES string of the molecule is C=C(C)CN=C(NCCc1ccco1)N(C)Cc1cc(Br)cn1C.I. The lowest BCUT2D eigenvalue weighted by Gasteiger charge is -2.23. The lowest BCUT2D eigenvalue weighted by atomic mass is 10.3. The van der Waals surface area contributed by atoms with E-state index in [0.29, 0.717) is 6.54 Å². The molecule has 2 rings (SSSR count). The maximum absolute atomic E-state index is 5.37. The molecule has 0 amide bonds. The van der Waals surface area contributed by atoms with Crippen molar-refractivity contribution in [2.75, 3.05) is 20.1 Å². The minimum absolute atomic E-state index is 0. The lowest BCUT2D eigenvalue weighted by Crippen LogP contribution is -2.40. The molecule has 0 aromatic carbocycles. The second-order valence-electron chi connectivity index (χ2n) is 5.97. The smallest absolute Gasteiger partial charge is 0.194 e. The maximum Gasteiger partial charge on any atom is 0.194 e. The zero-order valence-corrected chi connectivity index (χ0v) is 18.9. The molecule has 2 aromatic rings. The summed E-state index contributed by atoms with van der Waals surface area (Å²) in [4.78, 5) is 6.77. The quantitative estimate of drug-likeness (QED) is 0.257. The van der Waals surface area contributed by atoms with E-state index in [9.17, 15) is 0 Å². The summed E-state index contributed by atoms with van der Waals surface area (Å²) in [5, 5.41) is 3.41. The van der Waals surface area contributed by atoms with Crippen molar-refractivity contribution in [3.05, 3.63) is 58.7 Å². The molecule has 0 unspecified atom stereocenters. The summed E-state index contributed by atoms with van der Waals surface area (Å²) in [6, 6.07) is 6.01. The van der Waals surface area contributed by atoms with Crippen LogP contribution < -0.4 is 5.32 Å². The summed E-state index contributed by atoms with van der Waals surface area (Å²) in [6.45, 7) is 8.07. The van der Waals surface area contributed by atoms with E-state index in [-0.39, 0.29) is 24.0 Å². The van der Waals surface area contributed by atoms with Crippen molar-refractivity contribution in [3.8, 4) is 0 Å². The molecule has 0 aliphatic rings. The third kappa shape index (κ3) is 7.27. The van der Waals surface area contributed by atoms with Crippen molar-refractivity contribution in [2.45, 2.75) is 19.9 Å². The van der Waals surface area contributed by atoms with Gasteiger partial charge < -0.3 is 19.2 Å². The van der Waals surface area contributed by atoms with Crippen LogP contribution in [0, 0.1) is 0 Å². The largest absolute Gasteiger partial charge is 0.469 e. The second kappa shape index (κ2) is 10.7. The molecule has 0 aliphatic heterocycles. The van der Waals surface area contributed by atoms with Gasteiger partial charge in [-0.2, -0.15) is 0 Å². The predicted molar refractivity (Wildman–Crippen MR) is 118 cm³/mol. The first-order valence-electron chi connectivity index (χ1n) is 7.92. The summed E-state index contributed by atoms with van der Waals surface area (Å²) in [5.41, 5.74) is 2.25. The molecule has 0 saturated heterocycles. The topological polar surface area (TPSA) is 45.7 Å². The van der Waals surface area contributed by atoms with E-state index >= 15 is 0 Å². The minimum atomic E-state index is 0. The molecular weight excluding hydrogens is 495 g/mol. The fraction of sp³-hybridized carbons (Fsp3) is 0.389. The van der Waals surface area contributed by atoms with Gasteiger partial charge in [-0.15, -0.1) is 24.0 Å². The van der Waals surface area contributed by atoms with Gasteiger partial charge in [0.15, 0.2) is 5.96 Å². The molecule has 0 fully saturated rings. The van der Waals surface area contributed by atoms with Crippen molar-refractivity contribution in [3.63, 3.8) is 0 Å². The van der Waals surface area contributed by atoms with Crippen LogP contribution in [0.4, 0.5) is 0 Å². The van der Waals surface area contributed by atoms with Crippen molar-refractivity contribution in [2.24, 2.45) is 12.0 Å². The Morgan fingerprint density at radius 1 is 1.48 bits per heavy atom. The van der Waals surface area contributed by atoms with Crippen LogP contribution in [0.1, 0.15) is 18.4 Å². The number of hydrogen-bond donors (Lipinski definition) is 1. The van der Waals surface area contributed by atoms with Gasteiger partial charge in [-0.05, 0) is 41.1 Å². The van der Waals surface area contributed by atoms with E-state index in [2.05, 4.69) is 54.5 Å². The van der Waals surface area contributed by atoms with E-state index < -0.39 is 0 Å². The van der Waals surface area contributed by atoms with Crippen LogP contribution in [0.25, 0.3) is 0 Å². The number of guanidine groups is 1. The van der Waals surface area contributed by atoms with Crippen molar-refractivity contribution >= 4 is 45.9 Å². The number of aryl methyl sites for hydroxylation is 1. The molecule has 0 bridgehead atoms. The third-order valence-electron chi connectivity index (χ3n) is 3.57. The molecule has 0 atom stereocenters. The van der Waals surface area contributed by atoms with Crippen LogP contribution in [-0.2, 0) is 20.0 Å². The highest BCUT2D eigenvalue weighted by Crippen LogP contribution is 2.15. The van der Waals surface area contributed by atoms with Gasteiger partial charge in [0.1, 0.15) is 5.76 Å². The molecule has 0 radical (unpaired) electrons. The van der Waals surface area contributed by atoms with E-state index in [4.69, 9.17) is 4.42 Å². The second-order valence-corrected chi connectivity index (χ2v) is 6.89. The fourth-order valence-corrected chi connectivity index (χ4v) is 2.89. The molecule has 0 saturated carbocycles. The highest BCUT2D eigenvalue weighted by atomic mass is 127. The molecule has 5 nitrogen and oxygen atoms in total. The van der Waals surface area contributed by atoms with E-state index in [0.717, 1.165) is 41.3 Å². The number of aromatic nitrogens is 1. The highest BCUT2D eigenvalue weighted by molar-refractivity contribution is 14.0. The fourth-order valence-electron chi connectivity index (χ4n) is 2.31. The van der Waals surface area contributed by atoms with Gasteiger partial charge in [-0.1, -0.05) is 12.2 Å². The zero-order valence-electron chi connectivity index (χ0n) is 15.0. The summed E-state index contributed by atoms with van der Waals surface area (Å²) in [7, 11) is 4.08. The first-order chi connectivity index (χ1) is 11.5. The van der Waals surface area contributed by atoms with Gasteiger partial charge in [-0.3, -0.25) is 0 Å². The standard InChI is InChI=1S/C18H25BrN4O.HI/c1-14(2)11-21-18(20-8-7-17-6-5-9-24-17)23(4)13-16-10-15(19)12-22(16)3;/h5-6,9-10,12H,1,7-8,11,13H2,2-4H3,(H,20,21);1H. The number of nitrogens with zero attached hydrogens (tertiary/aromatic N) is 3. The van der Waals surface area contributed by atoms with Gasteiger partial charge in [0.05, 0.1) is 19.4 Å². The summed E-state index contributed by atoms with van der Waals surface area (Å²) in [5.74, 6) is 1.83. The number of hydrogen-bond acceptors (Lipinski definition) is 2. The average Bonchev–Trinajstić information content (AvgIpc) is 3.12. The Morgan fingerprint density at radius 2 is 2.24 bits per heavy atom. The lowest BCUT2D eigenvalue weighted by molar-refractivity contribution is 0.456. The summed E-state index contributed by atoms with van der Waals surface area (Å²) >= 11 is 3.52. The maximum atomic E-state index is 5.37. The average molecular weight is 521 g/mol. The zero-order chi connectivity index (χ0) is 17.5. The summed E-state index contributed by atoms with van der Waals surface area (Å²) in [6.07, 6.45) is 4.58. The molecule has 2 aromatic heterocycles. The van der Waals surface area contributed by atoms with Crippen LogP contribution in [0.5, 0.6) is 0 Å². The number of nitrogens with one attached hydrogen (secondary N) is 1. The molecule has 2 heterocycles. The predicted octanol–water partition coefficient (Wildman–Crippen LogP) is 4.19. The number of rotatable bonds is 7. The Balaban J connectivity index is 0.00000312. The van der Waals surface area contributed by atoms with Crippen LogP contribution in [-0.4, -0.2) is 35.6 Å². The van der Waals surface area contributed by atoms with Gasteiger partial charge in [0, 0.05) is 43.4 Å². The first-order valence-corrected chi connectivity index (χ1v) is 8.72. The number of halogens is 2. The summed E-state index contributed by atoms with van der Waals surface area (Å²) < 4.78 is 8.57. The van der Waals surface area contributed by atoms with Crippen LogP contribution in [0.15, 0.2) is 56.7 Å². The van der Waals surface area contributed by atoms with E-state index in [1.807, 2.05) is 33.2 Å². The third-order valence-corrected chi connectivity index (χ3v) is 4.00. The van der Waals surface area contributed by atoms with Gasteiger partial charge in [-0.25, -0.2) is 4.99 Å². The molecular formula is C18H26BrIN4O. The Labute approximate surface area is 175 Å². The molecule has 0 spiro atoms. The number of furan rings is 1. The number of aliphatic imine (C=N–C) groups is 1. The Morgan fingerprint density at radius 3 is 2.80 bits per heavy atom. The van der Waals surface area contributed by atoms with Crippen molar-refractivity contribution < 1.29 is 4.42 Å². The Bertz CT molecular complexity index is 694. The Kier molecular flexibility index (Phi) is 9.34. The molecule has 25 heavy (non-hydrogen) atoms. The molecule has 138 valence electrons. The monoisotopic (exact) mass is 520 g/mol. The van der Waals surface area contributed by atoms with Gasteiger partial charge >= 0.3 is 0 Å². The van der Waals surface area contributed by atoms with Crippen molar-refractivity contribution in [1.82, 2.24) is 14.8 Å². The Hall–Kier alpha value is -1.22. The molecule has 7 heteroatoms. The highest BCUT2D eigenvalue weighted by Gasteiger charge is 2.10. The molecule has 1 N–H and O–H groups in total. The van der Waals surface area contributed by atoms with Crippen LogP contribution in [0.2, 0.25) is 0 Å². The van der Waals surface area contributed by atoms with E-state index in [1.54, 1.807) is 6.26 Å². The normalized spacial score (nSPS) is 11.1.